The third-order valence-corrected chi connectivity index (χ3v) is 5.37. The molecular formula is C21H32N2O2. The Labute approximate surface area is 151 Å². The van der Waals surface area contributed by atoms with Crippen molar-refractivity contribution in [3.05, 3.63) is 35.9 Å². The molecule has 2 fully saturated rings. The Bertz CT molecular complexity index is 553. The van der Waals surface area contributed by atoms with Crippen LogP contribution in [0.25, 0.3) is 0 Å². The van der Waals surface area contributed by atoms with Crippen molar-refractivity contribution in [1.29, 1.82) is 0 Å². The Balaban J connectivity index is 1.53. The van der Waals surface area contributed by atoms with E-state index in [1.165, 1.54) is 37.7 Å². The molecule has 4 nitrogen and oxygen atoms in total. The zero-order valence-electron chi connectivity index (χ0n) is 15.8. The molecule has 0 spiro atoms. The highest BCUT2D eigenvalue weighted by Gasteiger charge is 2.38. The standard InChI is InChI=1S/C21H32N2O2/c1-21(2,3)25-20(24)22-14-17-12-18-10-7-11-19(13-17)23(18)15-16-8-5-4-6-9-16/h4-6,8-9,17-19H,7,10-15H2,1-3H3,(H,22,24). The van der Waals surface area contributed by atoms with Gasteiger partial charge in [0.15, 0.2) is 0 Å². The molecule has 1 N–H and O–H groups in total. The number of carbonyl (C=O) groups excluding carboxylic acids is 1. The van der Waals surface area contributed by atoms with E-state index in [-0.39, 0.29) is 6.09 Å². The summed E-state index contributed by atoms with van der Waals surface area (Å²) in [5.74, 6) is 0.565. The normalized spacial score (nSPS) is 26.9. The van der Waals surface area contributed by atoms with Gasteiger partial charge in [0.25, 0.3) is 0 Å². The van der Waals surface area contributed by atoms with Crippen LogP contribution < -0.4 is 5.32 Å². The number of amides is 1. The summed E-state index contributed by atoms with van der Waals surface area (Å²) in [4.78, 5) is 14.6. The van der Waals surface area contributed by atoms with Crippen molar-refractivity contribution in [3.8, 4) is 0 Å². The number of carbonyl (C=O) groups is 1. The molecule has 2 aliphatic rings. The first-order valence-electron chi connectivity index (χ1n) is 9.67. The van der Waals surface area contributed by atoms with E-state index in [9.17, 15) is 4.79 Å². The Morgan fingerprint density at radius 3 is 2.40 bits per heavy atom. The molecule has 1 amide bonds. The van der Waals surface area contributed by atoms with Crippen LogP contribution in [0.2, 0.25) is 0 Å². The second-order valence-corrected chi connectivity index (χ2v) is 8.62. The third kappa shape index (κ3) is 5.21. The van der Waals surface area contributed by atoms with Gasteiger partial charge in [-0.2, -0.15) is 0 Å². The predicted molar refractivity (Wildman–Crippen MR) is 100 cm³/mol. The van der Waals surface area contributed by atoms with Gasteiger partial charge in [0.2, 0.25) is 0 Å². The third-order valence-electron chi connectivity index (χ3n) is 5.37. The first-order chi connectivity index (χ1) is 11.9. The molecule has 2 heterocycles. The molecule has 0 saturated carbocycles. The van der Waals surface area contributed by atoms with Gasteiger partial charge in [-0.25, -0.2) is 4.79 Å². The minimum Gasteiger partial charge on any atom is -0.444 e. The van der Waals surface area contributed by atoms with Crippen LogP contribution in [0.4, 0.5) is 4.79 Å². The summed E-state index contributed by atoms with van der Waals surface area (Å²) in [6.07, 6.45) is 5.98. The number of benzene rings is 1. The molecule has 2 bridgehead atoms. The van der Waals surface area contributed by atoms with Gasteiger partial charge < -0.3 is 10.1 Å². The molecule has 0 aliphatic carbocycles. The summed E-state index contributed by atoms with van der Waals surface area (Å²) in [6, 6.07) is 12.1. The van der Waals surface area contributed by atoms with E-state index < -0.39 is 5.60 Å². The fraction of sp³-hybridized carbons (Fsp3) is 0.667. The number of ether oxygens (including phenoxy) is 1. The number of piperidine rings is 2. The number of nitrogens with one attached hydrogen (secondary N) is 1. The number of hydrogen-bond donors (Lipinski definition) is 1. The summed E-state index contributed by atoms with van der Waals surface area (Å²) in [5, 5.41) is 2.98. The van der Waals surface area contributed by atoms with Crippen LogP contribution in [0.15, 0.2) is 30.3 Å². The number of nitrogens with zero attached hydrogens (tertiary/aromatic N) is 1. The average molecular weight is 344 g/mol. The second-order valence-electron chi connectivity index (χ2n) is 8.62. The Morgan fingerprint density at radius 2 is 1.80 bits per heavy atom. The van der Waals surface area contributed by atoms with Crippen LogP contribution in [-0.2, 0) is 11.3 Å². The van der Waals surface area contributed by atoms with Gasteiger partial charge in [0.05, 0.1) is 0 Å². The van der Waals surface area contributed by atoms with Crippen molar-refractivity contribution in [2.75, 3.05) is 6.54 Å². The minimum atomic E-state index is -0.431. The summed E-state index contributed by atoms with van der Waals surface area (Å²) in [6.45, 7) is 7.50. The fourth-order valence-electron chi connectivity index (χ4n) is 4.35. The lowest BCUT2D eigenvalue weighted by molar-refractivity contribution is 0.00523. The lowest BCUT2D eigenvalue weighted by Crippen LogP contribution is -2.53. The molecule has 2 atom stereocenters. The molecular weight excluding hydrogens is 312 g/mol. The fourth-order valence-corrected chi connectivity index (χ4v) is 4.35. The van der Waals surface area contributed by atoms with Crippen LogP contribution in [0.3, 0.4) is 0 Å². The molecule has 2 unspecified atom stereocenters. The Kier molecular flexibility index (Phi) is 5.67. The van der Waals surface area contributed by atoms with E-state index in [4.69, 9.17) is 4.74 Å². The van der Waals surface area contributed by atoms with Gasteiger partial charge in [-0.3, -0.25) is 4.90 Å². The maximum Gasteiger partial charge on any atom is 0.407 e. The number of fused-ring (bicyclic) bond motifs is 2. The quantitative estimate of drug-likeness (QED) is 0.883. The van der Waals surface area contributed by atoms with E-state index in [1.807, 2.05) is 20.8 Å². The number of rotatable bonds is 4. The van der Waals surface area contributed by atoms with Crippen molar-refractivity contribution in [1.82, 2.24) is 10.2 Å². The van der Waals surface area contributed by atoms with Crippen LogP contribution in [-0.4, -0.2) is 35.2 Å². The summed E-state index contributed by atoms with van der Waals surface area (Å²) in [7, 11) is 0. The monoisotopic (exact) mass is 344 g/mol. The zero-order valence-corrected chi connectivity index (χ0v) is 15.8. The van der Waals surface area contributed by atoms with Crippen molar-refractivity contribution in [3.63, 3.8) is 0 Å². The summed E-state index contributed by atoms with van der Waals surface area (Å²) >= 11 is 0. The van der Waals surface area contributed by atoms with Crippen molar-refractivity contribution < 1.29 is 9.53 Å². The molecule has 25 heavy (non-hydrogen) atoms. The Hall–Kier alpha value is -1.55. The maximum absolute atomic E-state index is 11.9. The van der Waals surface area contributed by atoms with E-state index in [0.717, 1.165) is 13.1 Å². The van der Waals surface area contributed by atoms with Gasteiger partial charge in [0.1, 0.15) is 5.60 Å². The lowest BCUT2D eigenvalue weighted by Gasteiger charge is -2.49. The van der Waals surface area contributed by atoms with Crippen LogP contribution in [0.1, 0.15) is 58.4 Å². The SMILES string of the molecule is CC(C)(C)OC(=O)NCC1CC2CCCC(C1)N2Cc1ccccc1. The van der Waals surface area contributed by atoms with E-state index >= 15 is 0 Å². The second kappa shape index (κ2) is 7.77. The number of hydrogen-bond acceptors (Lipinski definition) is 3. The highest BCUT2D eigenvalue weighted by atomic mass is 16.6. The van der Waals surface area contributed by atoms with Gasteiger partial charge in [-0.15, -0.1) is 0 Å². The molecule has 1 aromatic rings. The topological polar surface area (TPSA) is 41.6 Å². The smallest absolute Gasteiger partial charge is 0.407 e. The molecule has 4 heteroatoms. The van der Waals surface area contributed by atoms with Crippen LogP contribution >= 0.6 is 0 Å². The molecule has 138 valence electrons. The number of alkyl carbamates (subject to hydrolysis) is 1. The van der Waals surface area contributed by atoms with Crippen molar-refractivity contribution >= 4 is 6.09 Å². The first kappa shape index (κ1) is 18.2. The minimum absolute atomic E-state index is 0.288. The molecule has 0 radical (unpaired) electrons. The van der Waals surface area contributed by atoms with Crippen molar-refractivity contribution in [2.45, 2.75) is 77.1 Å². The molecule has 3 rings (SSSR count). The van der Waals surface area contributed by atoms with Crippen LogP contribution in [0, 0.1) is 5.92 Å². The van der Waals surface area contributed by atoms with E-state index in [0.29, 0.717) is 18.0 Å². The summed E-state index contributed by atoms with van der Waals surface area (Å²) < 4.78 is 5.36. The van der Waals surface area contributed by atoms with Crippen molar-refractivity contribution in [2.24, 2.45) is 5.92 Å². The van der Waals surface area contributed by atoms with E-state index in [2.05, 4.69) is 40.5 Å². The predicted octanol–water partition coefficient (Wildman–Crippen LogP) is 4.34. The lowest BCUT2D eigenvalue weighted by atomic mass is 9.78. The van der Waals surface area contributed by atoms with Gasteiger partial charge in [0, 0.05) is 25.2 Å². The summed E-state index contributed by atoms with van der Waals surface area (Å²) in [5.41, 5.74) is 0.976. The van der Waals surface area contributed by atoms with Gasteiger partial charge in [-0.1, -0.05) is 36.8 Å². The average Bonchev–Trinajstić information content (AvgIpc) is 2.52. The molecule has 1 aromatic carbocycles. The van der Waals surface area contributed by atoms with E-state index in [1.54, 1.807) is 0 Å². The van der Waals surface area contributed by atoms with Gasteiger partial charge >= 0.3 is 6.09 Å². The van der Waals surface area contributed by atoms with Crippen LogP contribution in [0.5, 0.6) is 0 Å². The zero-order chi connectivity index (χ0) is 17.9. The molecule has 2 aliphatic heterocycles. The maximum atomic E-state index is 11.9. The molecule has 2 saturated heterocycles. The Morgan fingerprint density at radius 1 is 1.16 bits per heavy atom. The largest absolute Gasteiger partial charge is 0.444 e. The highest BCUT2D eigenvalue weighted by molar-refractivity contribution is 5.67. The van der Waals surface area contributed by atoms with Gasteiger partial charge in [-0.05, 0) is 57.9 Å². The first-order valence-corrected chi connectivity index (χ1v) is 9.67. The highest BCUT2D eigenvalue weighted by Crippen LogP contribution is 2.37. The molecule has 0 aromatic heterocycles.